The van der Waals surface area contributed by atoms with Gasteiger partial charge in [-0.1, -0.05) is 0 Å². The second kappa shape index (κ2) is 7.52. The number of rotatable bonds is 6. The molecule has 0 spiro atoms. The first-order valence-corrected chi connectivity index (χ1v) is 8.97. The van der Waals surface area contributed by atoms with E-state index < -0.39 is 0 Å². The number of thiophene rings is 1. The molecule has 0 unspecified atom stereocenters. The van der Waals surface area contributed by atoms with Crippen LogP contribution in [0.25, 0.3) is 5.78 Å². The van der Waals surface area contributed by atoms with Crippen LogP contribution in [0, 0.1) is 0 Å². The number of fused-ring (bicyclic) bond motifs is 1. The molecule has 1 aromatic carbocycles. The number of methoxy groups -OCH3 is 1. The van der Waals surface area contributed by atoms with E-state index in [9.17, 15) is 4.79 Å². The maximum atomic E-state index is 12.1. The lowest BCUT2D eigenvalue weighted by atomic mass is 10.2. The molecule has 3 heterocycles. The van der Waals surface area contributed by atoms with E-state index in [4.69, 9.17) is 9.47 Å². The number of carbonyl (C=O) groups excluding carboxylic acids is 1. The molecule has 0 fully saturated rings. The number of hydrogen-bond donors (Lipinski definition) is 1. The lowest BCUT2D eigenvalue weighted by Gasteiger charge is -2.10. The van der Waals surface area contributed by atoms with Gasteiger partial charge in [0.05, 0.1) is 17.9 Å². The van der Waals surface area contributed by atoms with Crippen molar-refractivity contribution in [2.45, 2.75) is 6.61 Å². The summed E-state index contributed by atoms with van der Waals surface area (Å²) in [6, 6.07) is 10.6. The van der Waals surface area contributed by atoms with Gasteiger partial charge in [-0.25, -0.2) is 4.98 Å². The van der Waals surface area contributed by atoms with E-state index in [0.29, 0.717) is 41.0 Å². The van der Waals surface area contributed by atoms with Gasteiger partial charge in [-0.2, -0.15) is 25.9 Å². The summed E-state index contributed by atoms with van der Waals surface area (Å²) in [6.45, 7) is 0.341. The first-order valence-electron chi connectivity index (χ1n) is 8.03. The second-order valence-corrected chi connectivity index (χ2v) is 6.36. The van der Waals surface area contributed by atoms with Crippen LogP contribution in [0.4, 0.5) is 5.69 Å². The third-order valence-electron chi connectivity index (χ3n) is 3.68. The molecule has 0 radical (unpaired) electrons. The van der Waals surface area contributed by atoms with Gasteiger partial charge < -0.3 is 14.8 Å². The zero-order valence-electron chi connectivity index (χ0n) is 14.3. The Morgan fingerprint density at radius 3 is 2.85 bits per heavy atom. The highest BCUT2D eigenvalue weighted by Crippen LogP contribution is 2.24. The molecule has 4 aromatic rings. The van der Waals surface area contributed by atoms with Crippen molar-refractivity contribution in [3.8, 4) is 11.6 Å². The third kappa shape index (κ3) is 3.78. The quantitative estimate of drug-likeness (QED) is 0.551. The van der Waals surface area contributed by atoms with Crippen LogP contribution in [0.5, 0.6) is 11.6 Å². The lowest BCUT2D eigenvalue weighted by Crippen LogP contribution is -2.10. The number of ether oxygens (including phenoxy) is 2. The summed E-state index contributed by atoms with van der Waals surface area (Å²) in [5.74, 6) is 1.35. The Morgan fingerprint density at radius 1 is 1.26 bits per heavy atom. The average Bonchev–Trinajstić information content (AvgIpc) is 3.35. The Kier molecular flexibility index (Phi) is 4.77. The summed E-state index contributed by atoms with van der Waals surface area (Å²) in [7, 11) is 1.60. The summed E-state index contributed by atoms with van der Waals surface area (Å²) in [5, 5.41) is 10.6. The Hall–Kier alpha value is -3.30. The number of nitrogens with zero attached hydrogens (tertiary/aromatic N) is 4. The van der Waals surface area contributed by atoms with Crippen molar-refractivity contribution in [3.63, 3.8) is 0 Å². The number of anilines is 1. The van der Waals surface area contributed by atoms with Crippen LogP contribution in [0.2, 0.25) is 0 Å². The number of hydrogen-bond acceptors (Lipinski definition) is 7. The van der Waals surface area contributed by atoms with Crippen molar-refractivity contribution in [3.05, 3.63) is 64.7 Å². The SMILES string of the molecule is COCc1cc(Oc2ccc(NC(=O)c3ccsc3)cc2)n2ncnc2n1. The number of aromatic nitrogens is 4. The van der Waals surface area contributed by atoms with E-state index >= 15 is 0 Å². The van der Waals surface area contributed by atoms with Gasteiger partial charge in [0.2, 0.25) is 5.88 Å². The molecule has 0 saturated carbocycles. The first kappa shape index (κ1) is 17.1. The highest BCUT2D eigenvalue weighted by atomic mass is 32.1. The largest absolute Gasteiger partial charge is 0.439 e. The second-order valence-electron chi connectivity index (χ2n) is 5.58. The molecule has 0 aliphatic heterocycles. The number of carbonyl (C=O) groups is 1. The van der Waals surface area contributed by atoms with Gasteiger partial charge in [-0.3, -0.25) is 4.79 Å². The van der Waals surface area contributed by atoms with E-state index in [1.165, 1.54) is 22.2 Å². The summed E-state index contributed by atoms with van der Waals surface area (Å²) >= 11 is 1.48. The van der Waals surface area contributed by atoms with Gasteiger partial charge in [0.1, 0.15) is 12.1 Å². The Morgan fingerprint density at radius 2 is 2.11 bits per heavy atom. The van der Waals surface area contributed by atoms with E-state index in [0.717, 1.165) is 0 Å². The summed E-state index contributed by atoms with van der Waals surface area (Å²) in [5.41, 5.74) is 2.00. The van der Waals surface area contributed by atoms with Crippen LogP contribution in [0.3, 0.4) is 0 Å². The van der Waals surface area contributed by atoms with E-state index in [1.54, 1.807) is 48.9 Å². The minimum absolute atomic E-state index is 0.146. The van der Waals surface area contributed by atoms with Crippen LogP contribution < -0.4 is 10.1 Å². The van der Waals surface area contributed by atoms with Gasteiger partial charge in [-0.15, -0.1) is 0 Å². The predicted molar refractivity (Wildman–Crippen MR) is 100 cm³/mol. The monoisotopic (exact) mass is 381 g/mol. The molecule has 0 atom stereocenters. The van der Waals surface area contributed by atoms with Crippen molar-refractivity contribution in [1.82, 2.24) is 19.6 Å². The van der Waals surface area contributed by atoms with Crippen molar-refractivity contribution < 1.29 is 14.3 Å². The molecule has 27 heavy (non-hydrogen) atoms. The molecule has 8 nitrogen and oxygen atoms in total. The maximum absolute atomic E-state index is 12.1. The minimum atomic E-state index is -0.146. The fourth-order valence-corrected chi connectivity index (χ4v) is 3.09. The third-order valence-corrected chi connectivity index (χ3v) is 4.37. The van der Waals surface area contributed by atoms with Crippen LogP contribution >= 0.6 is 11.3 Å². The van der Waals surface area contributed by atoms with Crippen LogP contribution in [0.1, 0.15) is 16.1 Å². The lowest BCUT2D eigenvalue weighted by molar-refractivity contribution is 0.102. The number of nitrogens with one attached hydrogen (secondary N) is 1. The molecule has 136 valence electrons. The Labute approximate surface area is 158 Å². The smallest absolute Gasteiger partial charge is 0.256 e. The molecular formula is C18H15N5O3S. The number of amides is 1. The van der Waals surface area contributed by atoms with E-state index in [2.05, 4.69) is 20.4 Å². The minimum Gasteiger partial charge on any atom is -0.439 e. The molecule has 0 aliphatic carbocycles. The first-order chi connectivity index (χ1) is 13.2. The normalized spacial score (nSPS) is 10.9. The number of benzene rings is 1. The molecule has 9 heteroatoms. The fraction of sp³-hybridized carbons (Fsp3) is 0.111. The molecule has 3 aromatic heterocycles. The van der Waals surface area contributed by atoms with Crippen LogP contribution in [-0.2, 0) is 11.3 Å². The molecular weight excluding hydrogens is 366 g/mol. The van der Waals surface area contributed by atoms with Crippen LogP contribution in [0.15, 0.2) is 53.5 Å². The highest BCUT2D eigenvalue weighted by Gasteiger charge is 2.10. The summed E-state index contributed by atoms with van der Waals surface area (Å²) in [6.07, 6.45) is 1.41. The highest BCUT2D eigenvalue weighted by molar-refractivity contribution is 7.08. The van der Waals surface area contributed by atoms with Crippen molar-refractivity contribution in [2.24, 2.45) is 0 Å². The standard InChI is InChI=1S/C18H15N5O3S/c1-25-9-14-8-16(23-18(22-14)19-11-20-23)26-15-4-2-13(3-5-15)21-17(24)12-6-7-27-10-12/h2-8,10-11H,9H2,1H3,(H,21,24). The average molecular weight is 381 g/mol. The summed E-state index contributed by atoms with van der Waals surface area (Å²) in [4.78, 5) is 20.5. The van der Waals surface area contributed by atoms with Gasteiger partial charge in [0.15, 0.2) is 0 Å². The zero-order valence-corrected chi connectivity index (χ0v) is 15.1. The predicted octanol–water partition coefficient (Wildman–Crippen LogP) is 3.38. The topological polar surface area (TPSA) is 90.6 Å². The van der Waals surface area contributed by atoms with Gasteiger partial charge in [0, 0.05) is 24.2 Å². The molecule has 0 saturated heterocycles. The van der Waals surface area contributed by atoms with E-state index in [-0.39, 0.29) is 5.91 Å². The van der Waals surface area contributed by atoms with Crippen molar-refractivity contribution in [2.75, 3.05) is 12.4 Å². The molecule has 0 bridgehead atoms. The van der Waals surface area contributed by atoms with Crippen molar-refractivity contribution in [1.29, 1.82) is 0 Å². The Bertz CT molecular complexity index is 1060. The Balaban J connectivity index is 1.52. The summed E-state index contributed by atoms with van der Waals surface area (Å²) < 4.78 is 12.6. The molecule has 0 aliphatic rings. The van der Waals surface area contributed by atoms with Gasteiger partial charge in [0.25, 0.3) is 11.7 Å². The molecule has 1 amide bonds. The molecule has 1 N–H and O–H groups in total. The van der Waals surface area contributed by atoms with Crippen LogP contribution in [-0.4, -0.2) is 32.6 Å². The zero-order chi connectivity index (χ0) is 18.6. The van der Waals surface area contributed by atoms with E-state index in [1.807, 2.05) is 5.38 Å². The van der Waals surface area contributed by atoms with Crippen molar-refractivity contribution >= 4 is 28.7 Å². The fourth-order valence-electron chi connectivity index (χ4n) is 2.45. The maximum Gasteiger partial charge on any atom is 0.256 e. The van der Waals surface area contributed by atoms with Gasteiger partial charge >= 0.3 is 0 Å². The van der Waals surface area contributed by atoms with Gasteiger partial charge in [-0.05, 0) is 35.7 Å². The molecule has 4 rings (SSSR count).